The van der Waals surface area contributed by atoms with Gasteiger partial charge in [-0.3, -0.25) is 14.4 Å². The molecule has 0 bridgehead atoms. The molecule has 6 nitrogen and oxygen atoms in total. The quantitative estimate of drug-likeness (QED) is 0.573. The largest absolute Gasteiger partial charge is 0.481 e. The van der Waals surface area contributed by atoms with Crippen LogP contribution in [0.25, 0.3) is 0 Å². The molecule has 3 N–H and O–H groups in total. The summed E-state index contributed by atoms with van der Waals surface area (Å²) >= 11 is 0. The van der Waals surface area contributed by atoms with Gasteiger partial charge in [-0.15, -0.1) is 0 Å². The van der Waals surface area contributed by atoms with Crippen LogP contribution in [0.3, 0.4) is 0 Å². The number of carbonyl (C=O) groups excluding carboxylic acids is 2. The molecular formula is C23H28N2O4. The molecule has 0 fully saturated rings. The molecule has 2 aromatic carbocycles. The SMILES string of the molecule is CC(C)CC(CNC(=O)CC(NC(=O)c1ccccc1)c1ccccc1)C(=O)O. The van der Waals surface area contributed by atoms with Gasteiger partial charge >= 0.3 is 5.97 Å². The molecule has 0 aliphatic heterocycles. The third-order valence-electron chi connectivity index (χ3n) is 4.58. The van der Waals surface area contributed by atoms with E-state index in [2.05, 4.69) is 10.6 Å². The highest BCUT2D eigenvalue weighted by atomic mass is 16.4. The highest BCUT2D eigenvalue weighted by molar-refractivity contribution is 5.94. The molecule has 0 aliphatic carbocycles. The number of hydrogen-bond donors (Lipinski definition) is 3. The van der Waals surface area contributed by atoms with Crippen LogP contribution in [0.5, 0.6) is 0 Å². The molecule has 2 unspecified atom stereocenters. The van der Waals surface area contributed by atoms with Gasteiger partial charge in [0.1, 0.15) is 0 Å². The topological polar surface area (TPSA) is 95.5 Å². The minimum absolute atomic E-state index is 0.0244. The first-order valence-corrected chi connectivity index (χ1v) is 9.77. The number of carboxylic acids is 1. The Kier molecular flexibility index (Phi) is 8.40. The summed E-state index contributed by atoms with van der Waals surface area (Å²) in [5, 5.41) is 15.0. The van der Waals surface area contributed by atoms with Crippen molar-refractivity contribution in [2.45, 2.75) is 32.7 Å². The minimum Gasteiger partial charge on any atom is -0.481 e. The number of nitrogens with one attached hydrogen (secondary N) is 2. The summed E-state index contributed by atoms with van der Waals surface area (Å²) in [6.07, 6.45) is 0.513. The molecule has 154 valence electrons. The fourth-order valence-electron chi connectivity index (χ4n) is 3.10. The molecule has 29 heavy (non-hydrogen) atoms. The molecule has 0 spiro atoms. The van der Waals surface area contributed by atoms with Gasteiger partial charge in [-0.2, -0.15) is 0 Å². The van der Waals surface area contributed by atoms with Crippen molar-refractivity contribution in [1.29, 1.82) is 0 Å². The van der Waals surface area contributed by atoms with Crippen LogP contribution in [0.1, 0.15) is 48.7 Å². The van der Waals surface area contributed by atoms with Gasteiger partial charge in [-0.05, 0) is 30.0 Å². The monoisotopic (exact) mass is 396 g/mol. The fourth-order valence-corrected chi connectivity index (χ4v) is 3.10. The Bertz CT molecular complexity index is 806. The first kappa shape index (κ1) is 22.1. The van der Waals surface area contributed by atoms with Gasteiger partial charge in [0, 0.05) is 12.1 Å². The Balaban J connectivity index is 2.04. The number of hydrogen-bond acceptors (Lipinski definition) is 3. The summed E-state index contributed by atoms with van der Waals surface area (Å²) < 4.78 is 0. The zero-order valence-corrected chi connectivity index (χ0v) is 16.8. The number of rotatable bonds is 10. The van der Waals surface area contributed by atoms with Crippen LogP contribution in [0, 0.1) is 11.8 Å². The molecular weight excluding hydrogens is 368 g/mol. The lowest BCUT2D eigenvalue weighted by atomic mass is 9.97. The minimum atomic E-state index is -0.920. The lowest BCUT2D eigenvalue weighted by molar-refractivity contribution is -0.142. The maximum atomic E-state index is 12.6. The van der Waals surface area contributed by atoms with E-state index < -0.39 is 17.9 Å². The Labute approximate surface area is 171 Å². The average Bonchev–Trinajstić information content (AvgIpc) is 2.71. The van der Waals surface area contributed by atoms with E-state index in [-0.39, 0.29) is 30.7 Å². The maximum absolute atomic E-state index is 12.6. The molecule has 2 aromatic rings. The van der Waals surface area contributed by atoms with Crippen molar-refractivity contribution in [3.8, 4) is 0 Å². The Morgan fingerprint density at radius 1 is 0.931 bits per heavy atom. The van der Waals surface area contributed by atoms with Gasteiger partial charge in [-0.25, -0.2) is 0 Å². The molecule has 0 radical (unpaired) electrons. The second-order valence-corrected chi connectivity index (χ2v) is 7.48. The van der Waals surface area contributed by atoms with Crippen molar-refractivity contribution in [1.82, 2.24) is 10.6 Å². The number of benzene rings is 2. The Morgan fingerprint density at radius 3 is 2.07 bits per heavy atom. The van der Waals surface area contributed by atoms with Crippen molar-refractivity contribution in [3.63, 3.8) is 0 Å². The second-order valence-electron chi connectivity index (χ2n) is 7.48. The zero-order valence-electron chi connectivity index (χ0n) is 16.8. The summed E-state index contributed by atoms with van der Waals surface area (Å²) in [5.74, 6) is -1.91. The number of carbonyl (C=O) groups is 3. The Morgan fingerprint density at radius 2 is 1.52 bits per heavy atom. The molecule has 0 aromatic heterocycles. The van der Waals surface area contributed by atoms with Crippen molar-refractivity contribution in [2.24, 2.45) is 11.8 Å². The van der Waals surface area contributed by atoms with E-state index in [0.29, 0.717) is 12.0 Å². The molecule has 0 saturated carbocycles. The second kappa shape index (κ2) is 11.0. The predicted octanol–water partition coefficient (Wildman–Crippen LogP) is 3.41. The van der Waals surface area contributed by atoms with E-state index in [9.17, 15) is 19.5 Å². The summed E-state index contributed by atoms with van der Waals surface area (Å²) in [6.45, 7) is 3.96. The summed E-state index contributed by atoms with van der Waals surface area (Å²) in [7, 11) is 0. The number of amides is 2. The van der Waals surface area contributed by atoms with Crippen LogP contribution >= 0.6 is 0 Å². The summed E-state index contributed by atoms with van der Waals surface area (Å²) in [6, 6.07) is 17.5. The van der Waals surface area contributed by atoms with Crippen LogP contribution in [-0.2, 0) is 9.59 Å². The van der Waals surface area contributed by atoms with Crippen LogP contribution < -0.4 is 10.6 Å². The lowest BCUT2D eigenvalue weighted by Gasteiger charge is -2.20. The third kappa shape index (κ3) is 7.41. The van der Waals surface area contributed by atoms with Gasteiger partial charge in [0.2, 0.25) is 5.91 Å². The van der Waals surface area contributed by atoms with Gasteiger partial charge < -0.3 is 15.7 Å². The van der Waals surface area contributed by atoms with Crippen molar-refractivity contribution in [2.75, 3.05) is 6.54 Å². The van der Waals surface area contributed by atoms with Crippen molar-refractivity contribution in [3.05, 3.63) is 71.8 Å². The predicted molar refractivity (Wildman–Crippen MR) is 111 cm³/mol. The van der Waals surface area contributed by atoms with Gasteiger partial charge in [0.25, 0.3) is 5.91 Å². The number of carboxylic acid groups (broad SMARTS) is 1. The molecule has 2 amide bonds. The number of aliphatic carboxylic acids is 1. The highest BCUT2D eigenvalue weighted by Crippen LogP contribution is 2.18. The highest BCUT2D eigenvalue weighted by Gasteiger charge is 2.22. The first-order valence-electron chi connectivity index (χ1n) is 9.77. The normalized spacial score (nSPS) is 12.8. The van der Waals surface area contributed by atoms with Gasteiger partial charge in [0.15, 0.2) is 0 Å². The van der Waals surface area contributed by atoms with E-state index in [1.807, 2.05) is 50.2 Å². The molecule has 6 heteroatoms. The molecule has 0 aliphatic rings. The van der Waals surface area contributed by atoms with Crippen LogP contribution in [0.4, 0.5) is 0 Å². The van der Waals surface area contributed by atoms with Gasteiger partial charge in [-0.1, -0.05) is 62.4 Å². The molecule has 0 heterocycles. The van der Waals surface area contributed by atoms with E-state index >= 15 is 0 Å². The van der Waals surface area contributed by atoms with Crippen molar-refractivity contribution >= 4 is 17.8 Å². The van der Waals surface area contributed by atoms with E-state index in [4.69, 9.17) is 0 Å². The molecule has 2 rings (SSSR count). The molecule has 0 saturated heterocycles. The van der Waals surface area contributed by atoms with Crippen molar-refractivity contribution < 1.29 is 19.5 Å². The summed E-state index contributed by atoms with van der Waals surface area (Å²) in [5.41, 5.74) is 1.32. The summed E-state index contributed by atoms with van der Waals surface area (Å²) in [4.78, 5) is 36.5. The van der Waals surface area contributed by atoms with Crippen LogP contribution in [0.15, 0.2) is 60.7 Å². The standard InChI is InChI=1S/C23H28N2O4/c1-16(2)13-19(23(28)29)15-24-21(26)14-20(17-9-5-3-6-10-17)25-22(27)18-11-7-4-8-12-18/h3-12,16,19-20H,13-15H2,1-2H3,(H,24,26)(H,25,27)(H,28,29). The zero-order chi connectivity index (χ0) is 21.2. The molecule has 2 atom stereocenters. The lowest BCUT2D eigenvalue weighted by Crippen LogP contribution is -2.37. The smallest absolute Gasteiger partial charge is 0.308 e. The van der Waals surface area contributed by atoms with E-state index in [0.717, 1.165) is 5.56 Å². The van der Waals surface area contributed by atoms with E-state index in [1.54, 1.807) is 24.3 Å². The third-order valence-corrected chi connectivity index (χ3v) is 4.58. The van der Waals surface area contributed by atoms with Gasteiger partial charge in [0.05, 0.1) is 18.4 Å². The van der Waals surface area contributed by atoms with Crippen LogP contribution in [-0.4, -0.2) is 29.4 Å². The van der Waals surface area contributed by atoms with E-state index in [1.165, 1.54) is 0 Å². The Hall–Kier alpha value is -3.15. The maximum Gasteiger partial charge on any atom is 0.308 e. The fraction of sp³-hybridized carbons (Fsp3) is 0.348. The van der Waals surface area contributed by atoms with Crippen LogP contribution in [0.2, 0.25) is 0 Å². The first-order chi connectivity index (χ1) is 13.9. The average molecular weight is 396 g/mol.